The number of hydrogen-bond donors (Lipinski definition) is 0. The first-order valence-electron chi connectivity index (χ1n) is 8.72. The molecule has 134 valence electrons. The van der Waals surface area contributed by atoms with Crippen LogP contribution in [0.4, 0.5) is 8.78 Å². The number of fused-ring (bicyclic) bond motifs is 2. The summed E-state index contributed by atoms with van der Waals surface area (Å²) in [6.07, 6.45) is 3.88. The maximum atomic E-state index is 13.7. The molecule has 0 amide bonds. The first kappa shape index (κ1) is 16.7. The minimum absolute atomic E-state index is 0.0885. The second kappa shape index (κ2) is 6.86. The summed E-state index contributed by atoms with van der Waals surface area (Å²) >= 11 is 0. The van der Waals surface area contributed by atoms with E-state index in [1.54, 1.807) is 22.8 Å². The van der Waals surface area contributed by atoms with E-state index in [1.165, 1.54) is 18.2 Å². The summed E-state index contributed by atoms with van der Waals surface area (Å²) in [5.74, 6) is -0.106. The molecule has 0 spiro atoms. The van der Waals surface area contributed by atoms with E-state index in [0.717, 1.165) is 31.5 Å². The monoisotopic (exact) mass is 356 g/mol. The van der Waals surface area contributed by atoms with Gasteiger partial charge in [0.15, 0.2) is 0 Å². The van der Waals surface area contributed by atoms with Crippen molar-refractivity contribution < 1.29 is 13.5 Å². The predicted molar refractivity (Wildman–Crippen MR) is 94.2 cm³/mol. The van der Waals surface area contributed by atoms with Gasteiger partial charge in [-0.15, -0.1) is 0 Å². The Morgan fingerprint density at radius 3 is 2.69 bits per heavy atom. The van der Waals surface area contributed by atoms with Crippen molar-refractivity contribution in [1.29, 1.82) is 0 Å². The average molecular weight is 356 g/mol. The van der Waals surface area contributed by atoms with Gasteiger partial charge in [0.05, 0.1) is 16.5 Å². The van der Waals surface area contributed by atoms with Gasteiger partial charge in [-0.3, -0.25) is 9.36 Å². The molecule has 0 N–H and O–H groups in total. The largest absolute Gasteiger partial charge is 0.489 e. The Labute approximate surface area is 149 Å². The van der Waals surface area contributed by atoms with Gasteiger partial charge in [0.1, 0.15) is 29.8 Å². The second-order valence-electron chi connectivity index (χ2n) is 6.46. The minimum atomic E-state index is -0.655. The first-order chi connectivity index (χ1) is 12.6. The van der Waals surface area contributed by atoms with Gasteiger partial charge >= 0.3 is 0 Å². The Hall–Kier alpha value is -2.76. The summed E-state index contributed by atoms with van der Waals surface area (Å²) in [7, 11) is 0. The molecule has 4 nitrogen and oxygen atoms in total. The lowest BCUT2D eigenvalue weighted by Crippen LogP contribution is -2.24. The fourth-order valence-corrected chi connectivity index (χ4v) is 3.31. The van der Waals surface area contributed by atoms with Gasteiger partial charge in [0, 0.05) is 13.0 Å². The van der Waals surface area contributed by atoms with Crippen LogP contribution in [-0.2, 0) is 19.6 Å². The van der Waals surface area contributed by atoms with E-state index in [0.29, 0.717) is 23.2 Å². The molecule has 0 aliphatic carbocycles. The number of benzene rings is 2. The lowest BCUT2D eigenvalue weighted by molar-refractivity contribution is 0.293. The highest BCUT2D eigenvalue weighted by molar-refractivity contribution is 5.79. The number of aryl methyl sites for hydroxylation is 1. The summed E-state index contributed by atoms with van der Waals surface area (Å²) in [6, 6.07) is 8.67. The minimum Gasteiger partial charge on any atom is -0.489 e. The third-order valence-electron chi connectivity index (χ3n) is 4.73. The van der Waals surface area contributed by atoms with Crippen molar-refractivity contribution in [2.45, 2.75) is 38.8 Å². The van der Waals surface area contributed by atoms with Gasteiger partial charge in [0.25, 0.3) is 5.56 Å². The van der Waals surface area contributed by atoms with E-state index in [2.05, 4.69) is 4.98 Å². The van der Waals surface area contributed by atoms with Gasteiger partial charge in [0.2, 0.25) is 0 Å². The number of hydrogen-bond acceptors (Lipinski definition) is 3. The first-order valence-corrected chi connectivity index (χ1v) is 8.72. The molecule has 0 radical (unpaired) electrons. The topological polar surface area (TPSA) is 44.1 Å². The molecule has 2 heterocycles. The van der Waals surface area contributed by atoms with Gasteiger partial charge < -0.3 is 4.74 Å². The zero-order valence-electron chi connectivity index (χ0n) is 14.2. The van der Waals surface area contributed by atoms with E-state index in [4.69, 9.17) is 4.74 Å². The third-order valence-corrected chi connectivity index (χ3v) is 4.73. The highest BCUT2D eigenvalue weighted by Gasteiger charge is 2.15. The van der Waals surface area contributed by atoms with Crippen molar-refractivity contribution in [2.75, 3.05) is 0 Å². The summed E-state index contributed by atoms with van der Waals surface area (Å²) in [5, 5.41) is 0.460. The maximum Gasteiger partial charge on any atom is 0.261 e. The van der Waals surface area contributed by atoms with Gasteiger partial charge in [-0.1, -0.05) is 12.5 Å². The van der Waals surface area contributed by atoms with Crippen LogP contribution in [0.1, 0.15) is 30.7 Å². The normalized spacial score (nSPS) is 14.1. The van der Waals surface area contributed by atoms with Crippen LogP contribution in [0.15, 0.2) is 41.2 Å². The number of nitrogens with zero attached hydrogens (tertiary/aromatic N) is 2. The van der Waals surface area contributed by atoms with Crippen LogP contribution in [-0.4, -0.2) is 9.55 Å². The molecule has 3 aromatic rings. The van der Waals surface area contributed by atoms with Crippen LogP contribution in [0, 0.1) is 11.6 Å². The number of ether oxygens (including phenoxy) is 1. The van der Waals surface area contributed by atoms with Crippen molar-refractivity contribution >= 4 is 10.9 Å². The van der Waals surface area contributed by atoms with Crippen LogP contribution in [0.5, 0.6) is 5.75 Å². The molecule has 0 saturated carbocycles. The average Bonchev–Trinajstić information content (AvgIpc) is 2.87. The number of aromatic nitrogens is 2. The fourth-order valence-electron chi connectivity index (χ4n) is 3.31. The Kier molecular flexibility index (Phi) is 4.41. The number of halogens is 2. The highest BCUT2D eigenvalue weighted by Crippen LogP contribution is 2.21. The van der Waals surface area contributed by atoms with Gasteiger partial charge in [-0.2, -0.15) is 0 Å². The highest BCUT2D eigenvalue weighted by atomic mass is 19.1. The zero-order chi connectivity index (χ0) is 18.1. The van der Waals surface area contributed by atoms with E-state index < -0.39 is 11.6 Å². The molecule has 4 rings (SSSR count). The molecule has 26 heavy (non-hydrogen) atoms. The lowest BCUT2D eigenvalue weighted by Gasteiger charge is -2.12. The zero-order valence-corrected chi connectivity index (χ0v) is 14.2. The van der Waals surface area contributed by atoms with Gasteiger partial charge in [-0.05, 0) is 43.2 Å². The predicted octanol–water partition coefficient (Wildman–Crippen LogP) is 3.98. The van der Waals surface area contributed by atoms with E-state index in [-0.39, 0.29) is 17.7 Å². The SMILES string of the molecule is O=c1c2cc(OCc3c(F)cccc3F)ccc2nc2n1CCCCC2. The smallest absolute Gasteiger partial charge is 0.261 e. The molecule has 0 atom stereocenters. The standard InChI is InChI=1S/C20H18F2N2O2/c21-16-5-4-6-17(22)15(16)12-26-13-8-9-18-14(11-13)20(25)24-10-3-1-2-7-19(24)23-18/h4-6,8-9,11H,1-3,7,10,12H2. The van der Waals surface area contributed by atoms with Crippen LogP contribution >= 0.6 is 0 Å². The van der Waals surface area contributed by atoms with Crippen molar-refractivity contribution in [3.8, 4) is 5.75 Å². The molecular weight excluding hydrogens is 338 g/mol. The summed E-state index contributed by atoms with van der Waals surface area (Å²) in [4.78, 5) is 17.4. The van der Waals surface area contributed by atoms with E-state index >= 15 is 0 Å². The molecule has 1 aromatic heterocycles. The fraction of sp³-hybridized carbons (Fsp3) is 0.300. The Morgan fingerprint density at radius 2 is 1.88 bits per heavy atom. The van der Waals surface area contributed by atoms with Crippen molar-refractivity contribution in [3.63, 3.8) is 0 Å². The summed E-state index contributed by atoms with van der Waals surface area (Å²) in [6.45, 7) is 0.423. The maximum absolute atomic E-state index is 13.7. The van der Waals surface area contributed by atoms with Crippen molar-refractivity contribution in [1.82, 2.24) is 9.55 Å². The van der Waals surface area contributed by atoms with Gasteiger partial charge in [-0.25, -0.2) is 13.8 Å². The number of rotatable bonds is 3. The molecule has 0 unspecified atom stereocenters. The summed E-state index contributed by atoms with van der Waals surface area (Å²) in [5.41, 5.74) is 0.395. The second-order valence-corrected chi connectivity index (χ2v) is 6.46. The molecule has 1 aliphatic rings. The van der Waals surface area contributed by atoms with E-state index in [1.807, 2.05) is 0 Å². The van der Waals surface area contributed by atoms with Crippen LogP contribution < -0.4 is 10.3 Å². The molecule has 6 heteroatoms. The Bertz CT molecular complexity index is 1010. The quantitative estimate of drug-likeness (QED) is 0.713. The van der Waals surface area contributed by atoms with E-state index in [9.17, 15) is 13.6 Å². The molecule has 0 bridgehead atoms. The Morgan fingerprint density at radius 1 is 1.08 bits per heavy atom. The molecular formula is C20H18F2N2O2. The van der Waals surface area contributed by atoms with Crippen LogP contribution in [0.25, 0.3) is 10.9 Å². The summed E-state index contributed by atoms with van der Waals surface area (Å²) < 4.78 is 34.7. The van der Waals surface area contributed by atoms with Crippen molar-refractivity contribution in [3.05, 3.63) is 69.8 Å². The molecule has 0 saturated heterocycles. The van der Waals surface area contributed by atoms with Crippen LogP contribution in [0.2, 0.25) is 0 Å². The molecule has 0 fully saturated rings. The molecule has 1 aliphatic heterocycles. The molecule has 2 aromatic carbocycles. The lowest BCUT2D eigenvalue weighted by atomic mass is 10.2. The van der Waals surface area contributed by atoms with Crippen LogP contribution in [0.3, 0.4) is 0 Å². The third kappa shape index (κ3) is 3.07. The Balaban J connectivity index is 1.67. The van der Waals surface area contributed by atoms with Crippen molar-refractivity contribution in [2.24, 2.45) is 0 Å².